The highest BCUT2D eigenvalue weighted by Gasteiger charge is 2.14. The molecule has 0 aliphatic heterocycles. The molecule has 1 unspecified atom stereocenters. The highest BCUT2D eigenvalue weighted by Crippen LogP contribution is 1.97. The zero-order chi connectivity index (χ0) is 10.4. The predicted molar refractivity (Wildman–Crippen MR) is 47.5 cm³/mol. The number of carbonyl (C=O) groups excluding carboxylic acids is 1. The van der Waals surface area contributed by atoms with Gasteiger partial charge in [0.2, 0.25) is 0 Å². The Kier molecular flexibility index (Phi) is 3.81. The van der Waals surface area contributed by atoms with Crippen LogP contribution in [0, 0.1) is 0 Å². The third-order valence-electron chi connectivity index (χ3n) is 1.44. The molecule has 14 heavy (non-hydrogen) atoms. The summed E-state index contributed by atoms with van der Waals surface area (Å²) >= 11 is 0. The number of carbonyl (C=O) groups is 1. The number of ether oxygens (including phenoxy) is 2. The monoisotopic (exact) mass is 197 g/mol. The maximum Gasteiger partial charge on any atom is 0.326 e. The Morgan fingerprint density at radius 2 is 2.21 bits per heavy atom. The Morgan fingerprint density at radius 1 is 1.57 bits per heavy atom. The van der Waals surface area contributed by atoms with Crippen LogP contribution in [0.3, 0.4) is 0 Å². The molecular formula is C8H11N3O3. The van der Waals surface area contributed by atoms with Crippen molar-refractivity contribution in [2.24, 2.45) is 5.73 Å². The van der Waals surface area contributed by atoms with Crippen LogP contribution in [-0.2, 0) is 9.53 Å². The molecule has 1 atom stereocenters. The van der Waals surface area contributed by atoms with Crippen molar-refractivity contribution >= 4 is 5.97 Å². The Labute approximate surface area is 81.1 Å². The summed E-state index contributed by atoms with van der Waals surface area (Å²) in [6.07, 6.45) is 3.07. The number of esters is 1. The molecule has 0 saturated carbocycles. The van der Waals surface area contributed by atoms with Gasteiger partial charge in [0, 0.05) is 12.4 Å². The molecule has 0 aliphatic carbocycles. The summed E-state index contributed by atoms with van der Waals surface area (Å²) in [4.78, 5) is 18.5. The van der Waals surface area contributed by atoms with E-state index >= 15 is 0 Å². The minimum Gasteiger partial charge on any atom is -0.468 e. The fraction of sp³-hybridized carbons (Fsp3) is 0.375. The van der Waals surface area contributed by atoms with E-state index in [-0.39, 0.29) is 12.6 Å². The van der Waals surface area contributed by atoms with E-state index in [4.69, 9.17) is 10.5 Å². The molecule has 0 aliphatic rings. The average molecular weight is 197 g/mol. The molecule has 6 heteroatoms. The van der Waals surface area contributed by atoms with Crippen molar-refractivity contribution in [3.05, 3.63) is 18.5 Å². The van der Waals surface area contributed by atoms with Gasteiger partial charge in [-0.1, -0.05) is 0 Å². The third kappa shape index (κ3) is 2.98. The zero-order valence-electron chi connectivity index (χ0n) is 7.71. The van der Waals surface area contributed by atoms with Gasteiger partial charge in [-0.15, -0.1) is 0 Å². The molecule has 0 saturated heterocycles. The molecule has 0 aromatic carbocycles. The van der Waals surface area contributed by atoms with Crippen LogP contribution in [0.25, 0.3) is 0 Å². The topological polar surface area (TPSA) is 87.3 Å². The van der Waals surface area contributed by atoms with Crippen LogP contribution in [-0.4, -0.2) is 35.7 Å². The van der Waals surface area contributed by atoms with Gasteiger partial charge in [-0.05, 0) is 6.07 Å². The SMILES string of the molecule is COC(=O)C(N)COc1ncccn1. The van der Waals surface area contributed by atoms with Crippen LogP contribution < -0.4 is 10.5 Å². The molecular weight excluding hydrogens is 186 g/mol. The lowest BCUT2D eigenvalue weighted by molar-refractivity contribution is -0.142. The van der Waals surface area contributed by atoms with Crippen molar-refractivity contribution < 1.29 is 14.3 Å². The molecule has 6 nitrogen and oxygen atoms in total. The van der Waals surface area contributed by atoms with Crippen molar-refractivity contribution in [1.82, 2.24) is 9.97 Å². The zero-order valence-corrected chi connectivity index (χ0v) is 7.71. The fourth-order valence-electron chi connectivity index (χ4n) is 0.744. The third-order valence-corrected chi connectivity index (χ3v) is 1.44. The lowest BCUT2D eigenvalue weighted by Crippen LogP contribution is -2.37. The average Bonchev–Trinajstić information content (AvgIpc) is 2.26. The first-order valence-electron chi connectivity index (χ1n) is 3.97. The molecule has 0 spiro atoms. The Hall–Kier alpha value is -1.69. The molecule has 0 radical (unpaired) electrons. The second-order valence-corrected chi connectivity index (χ2v) is 2.47. The number of aromatic nitrogens is 2. The number of nitrogens with zero attached hydrogens (tertiary/aromatic N) is 2. The van der Waals surface area contributed by atoms with Gasteiger partial charge in [-0.3, -0.25) is 4.79 Å². The van der Waals surface area contributed by atoms with Crippen molar-refractivity contribution in [2.45, 2.75) is 6.04 Å². The Morgan fingerprint density at radius 3 is 2.79 bits per heavy atom. The van der Waals surface area contributed by atoms with Crippen LogP contribution in [0.15, 0.2) is 18.5 Å². The predicted octanol–water partition coefficient (Wildman–Crippen LogP) is -0.644. The maximum absolute atomic E-state index is 10.9. The van der Waals surface area contributed by atoms with E-state index in [1.165, 1.54) is 19.5 Å². The highest BCUT2D eigenvalue weighted by atomic mass is 16.5. The lowest BCUT2D eigenvalue weighted by atomic mass is 10.3. The quantitative estimate of drug-likeness (QED) is 0.646. The van der Waals surface area contributed by atoms with Crippen molar-refractivity contribution in [1.29, 1.82) is 0 Å². The largest absolute Gasteiger partial charge is 0.468 e. The minimum atomic E-state index is -0.816. The molecule has 1 aromatic heterocycles. The smallest absolute Gasteiger partial charge is 0.326 e. The number of hydrogen-bond acceptors (Lipinski definition) is 6. The van der Waals surface area contributed by atoms with E-state index in [2.05, 4.69) is 14.7 Å². The van der Waals surface area contributed by atoms with Gasteiger partial charge in [0.25, 0.3) is 0 Å². The molecule has 76 valence electrons. The van der Waals surface area contributed by atoms with Gasteiger partial charge in [0.05, 0.1) is 7.11 Å². The normalized spacial score (nSPS) is 11.9. The molecule has 1 aromatic rings. The van der Waals surface area contributed by atoms with Crippen LogP contribution in [0.4, 0.5) is 0 Å². The standard InChI is InChI=1S/C8H11N3O3/c1-13-7(12)6(9)5-14-8-10-3-2-4-11-8/h2-4,6H,5,9H2,1H3. The molecule has 0 amide bonds. The van der Waals surface area contributed by atoms with E-state index in [1.54, 1.807) is 6.07 Å². The number of nitrogens with two attached hydrogens (primary N) is 1. The first-order valence-corrected chi connectivity index (χ1v) is 3.97. The van der Waals surface area contributed by atoms with E-state index in [9.17, 15) is 4.79 Å². The van der Waals surface area contributed by atoms with Crippen LogP contribution in [0.2, 0.25) is 0 Å². The van der Waals surface area contributed by atoms with Crippen molar-refractivity contribution in [2.75, 3.05) is 13.7 Å². The second-order valence-electron chi connectivity index (χ2n) is 2.47. The van der Waals surface area contributed by atoms with Crippen molar-refractivity contribution in [3.8, 4) is 6.01 Å². The molecule has 0 fully saturated rings. The van der Waals surface area contributed by atoms with E-state index in [0.29, 0.717) is 0 Å². The van der Waals surface area contributed by atoms with Gasteiger partial charge in [-0.2, -0.15) is 0 Å². The summed E-state index contributed by atoms with van der Waals surface area (Å²) in [5.74, 6) is -0.527. The van der Waals surface area contributed by atoms with Crippen LogP contribution in [0.1, 0.15) is 0 Å². The summed E-state index contributed by atoms with van der Waals surface area (Å²) in [5, 5.41) is 0. The number of rotatable bonds is 4. The molecule has 0 bridgehead atoms. The highest BCUT2D eigenvalue weighted by molar-refractivity contribution is 5.75. The van der Waals surface area contributed by atoms with Gasteiger partial charge in [0.15, 0.2) is 0 Å². The Bertz CT molecular complexity index is 291. The first kappa shape index (κ1) is 10.4. The van der Waals surface area contributed by atoms with E-state index < -0.39 is 12.0 Å². The summed E-state index contributed by atoms with van der Waals surface area (Å²) < 4.78 is 9.46. The molecule has 2 N–H and O–H groups in total. The van der Waals surface area contributed by atoms with Crippen LogP contribution >= 0.6 is 0 Å². The second kappa shape index (κ2) is 5.13. The minimum absolute atomic E-state index is 0.00329. The van der Waals surface area contributed by atoms with Gasteiger partial charge in [0.1, 0.15) is 12.6 Å². The number of methoxy groups -OCH3 is 1. The van der Waals surface area contributed by atoms with Gasteiger partial charge in [-0.25, -0.2) is 9.97 Å². The number of hydrogen-bond donors (Lipinski definition) is 1. The maximum atomic E-state index is 10.9. The van der Waals surface area contributed by atoms with Gasteiger partial charge < -0.3 is 15.2 Å². The summed E-state index contributed by atoms with van der Waals surface area (Å²) in [6, 6.07) is 1.03. The summed E-state index contributed by atoms with van der Waals surface area (Å²) in [6.45, 7) is -0.00329. The van der Waals surface area contributed by atoms with Crippen molar-refractivity contribution in [3.63, 3.8) is 0 Å². The van der Waals surface area contributed by atoms with Gasteiger partial charge >= 0.3 is 12.0 Å². The molecule has 1 rings (SSSR count). The summed E-state index contributed by atoms with van der Waals surface area (Å²) in [7, 11) is 1.27. The lowest BCUT2D eigenvalue weighted by Gasteiger charge is -2.08. The van der Waals surface area contributed by atoms with Crippen LogP contribution in [0.5, 0.6) is 6.01 Å². The fourth-order valence-corrected chi connectivity index (χ4v) is 0.744. The van der Waals surface area contributed by atoms with E-state index in [1.807, 2.05) is 0 Å². The van der Waals surface area contributed by atoms with E-state index in [0.717, 1.165) is 0 Å². The Balaban J connectivity index is 2.38. The summed E-state index contributed by atoms with van der Waals surface area (Å²) in [5.41, 5.74) is 5.42. The first-order chi connectivity index (χ1) is 6.74. The molecule has 1 heterocycles.